The number of carboxylic acid groups (broad SMARTS) is 1. The highest BCUT2D eigenvalue weighted by molar-refractivity contribution is 7.99. The van der Waals surface area contributed by atoms with Crippen LogP contribution in [-0.2, 0) is 11.2 Å². The maximum atomic E-state index is 10.6. The molecule has 0 unspecified atom stereocenters. The number of aliphatic carboxylic acids is 1. The summed E-state index contributed by atoms with van der Waals surface area (Å²) < 4.78 is 0. The molecule has 2 aromatic rings. The van der Waals surface area contributed by atoms with Crippen LogP contribution in [0, 0.1) is 10.1 Å². The van der Waals surface area contributed by atoms with Crippen molar-refractivity contribution in [2.45, 2.75) is 16.2 Å². The Balaban J connectivity index is 2.14. The number of phenols is 1. The Kier molecular flexibility index (Phi) is 4.44. The smallest absolute Gasteiger partial charge is 0.307 e. The van der Waals surface area contributed by atoms with Gasteiger partial charge in [0, 0.05) is 11.0 Å². The minimum atomic E-state index is -0.900. The van der Waals surface area contributed by atoms with E-state index in [4.69, 9.17) is 5.11 Å². The zero-order chi connectivity index (χ0) is 15.4. The van der Waals surface area contributed by atoms with Gasteiger partial charge in [-0.2, -0.15) is 0 Å². The van der Waals surface area contributed by atoms with E-state index in [1.54, 1.807) is 24.3 Å². The number of rotatable bonds is 5. The van der Waals surface area contributed by atoms with E-state index in [2.05, 4.69) is 0 Å². The van der Waals surface area contributed by atoms with Gasteiger partial charge >= 0.3 is 5.97 Å². The number of nitro groups is 1. The number of carboxylic acids is 1. The molecule has 0 saturated heterocycles. The van der Waals surface area contributed by atoms with Crippen molar-refractivity contribution in [3.63, 3.8) is 0 Å². The van der Waals surface area contributed by atoms with Crippen molar-refractivity contribution in [1.29, 1.82) is 0 Å². The van der Waals surface area contributed by atoms with Gasteiger partial charge in [-0.05, 0) is 23.8 Å². The standard InChI is InChI=1S/C14H11NO5S/c16-12-8-10(15(19)20)3-6-13(12)21-11-4-1-9(2-5-11)7-14(17)18/h1-6,8,16H,7H2,(H,17,18). The minimum Gasteiger partial charge on any atom is -0.507 e. The Morgan fingerprint density at radius 2 is 1.86 bits per heavy atom. The van der Waals surface area contributed by atoms with E-state index in [0.717, 1.165) is 11.0 Å². The first-order valence-electron chi connectivity index (χ1n) is 5.91. The van der Waals surface area contributed by atoms with E-state index in [1.807, 2.05) is 0 Å². The number of hydrogen-bond donors (Lipinski definition) is 2. The number of phenolic OH excluding ortho intramolecular Hbond substituents is 1. The quantitative estimate of drug-likeness (QED) is 0.650. The van der Waals surface area contributed by atoms with Crippen molar-refractivity contribution in [3.8, 4) is 5.75 Å². The van der Waals surface area contributed by atoms with Gasteiger partial charge in [-0.1, -0.05) is 23.9 Å². The first kappa shape index (κ1) is 14.9. The largest absolute Gasteiger partial charge is 0.507 e. The summed E-state index contributed by atoms with van der Waals surface area (Å²) in [4.78, 5) is 21.9. The summed E-state index contributed by atoms with van der Waals surface area (Å²) in [5, 5.41) is 29.0. The van der Waals surface area contributed by atoms with Gasteiger partial charge < -0.3 is 10.2 Å². The number of carbonyl (C=O) groups is 1. The van der Waals surface area contributed by atoms with Crippen LogP contribution in [0.25, 0.3) is 0 Å². The Morgan fingerprint density at radius 3 is 2.38 bits per heavy atom. The first-order chi connectivity index (χ1) is 9.95. The Morgan fingerprint density at radius 1 is 1.19 bits per heavy atom. The van der Waals surface area contributed by atoms with E-state index in [0.29, 0.717) is 10.5 Å². The molecule has 21 heavy (non-hydrogen) atoms. The molecule has 2 rings (SSSR count). The molecule has 0 aliphatic rings. The van der Waals surface area contributed by atoms with Crippen LogP contribution in [0.4, 0.5) is 5.69 Å². The van der Waals surface area contributed by atoms with Gasteiger partial charge in [0.05, 0.1) is 22.3 Å². The number of aromatic hydroxyl groups is 1. The average molecular weight is 305 g/mol. The lowest BCUT2D eigenvalue weighted by Crippen LogP contribution is -1.99. The molecule has 2 aromatic carbocycles. The summed E-state index contributed by atoms with van der Waals surface area (Å²) in [5.74, 6) is -1.06. The fourth-order valence-corrected chi connectivity index (χ4v) is 2.51. The SMILES string of the molecule is O=C(O)Cc1ccc(Sc2ccc([N+](=O)[O-])cc2O)cc1. The van der Waals surface area contributed by atoms with Crippen LogP contribution >= 0.6 is 11.8 Å². The number of nitrogens with zero attached hydrogens (tertiary/aromatic N) is 1. The zero-order valence-electron chi connectivity index (χ0n) is 10.7. The van der Waals surface area contributed by atoms with Crippen molar-refractivity contribution in [3.05, 3.63) is 58.1 Å². The van der Waals surface area contributed by atoms with Gasteiger partial charge in [-0.3, -0.25) is 14.9 Å². The summed E-state index contributed by atoms with van der Waals surface area (Å²) >= 11 is 1.24. The van der Waals surface area contributed by atoms with Gasteiger partial charge in [0.2, 0.25) is 0 Å². The van der Waals surface area contributed by atoms with Crippen LogP contribution in [0.15, 0.2) is 52.3 Å². The van der Waals surface area contributed by atoms with Gasteiger partial charge in [0.15, 0.2) is 0 Å². The Labute approximate surface area is 124 Å². The lowest BCUT2D eigenvalue weighted by atomic mass is 10.2. The molecule has 0 radical (unpaired) electrons. The summed E-state index contributed by atoms with van der Waals surface area (Å²) in [7, 11) is 0. The maximum absolute atomic E-state index is 10.6. The van der Waals surface area contributed by atoms with Crippen LogP contribution in [0.5, 0.6) is 5.75 Å². The van der Waals surface area contributed by atoms with Gasteiger partial charge in [-0.25, -0.2) is 0 Å². The molecule has 7 heteroatoms. The summed E-state index contributed by atoms with van der Waals surface area (Å²) in [6, 6.07) is 10.8. The fourth-order valence-electron chi connectivity index (χ4n) is 1.68. The van der Waals surface area contributed by atoms with Crippen LogP contribution < -0.4 is 0 Å². The molecule has 0 spiro atoms. The normalized spacial score (nSPS) is 10.3. The third kappa shape index (κ3) is 3.96. The number of nitro benzene ring substituents is 1. The Bertz CT molecular complexity index is 684. The second kappa shape index (κ2) is 6.27. The highest BCUT2D eigenvalue weighted by atomic mass is 32.2. The number of benzene rings is 2. The van der Waals surface area contributed by atoms with E-state index in [9.17, 15) is 20.0 Å². The molecule has 0 fully saturated rings. The van der Waals surface area contributed by atoms with Crippen molar-refractivity contribution in [1.82, 2.24) is 0 Å². The van der Waals surface area contributed by atoms with Crippen LogP contribution in [-0.4, -0.2) is 21.1 Å². The number of non-ortho nitro benzene ring substituents is 1. The van der Waals surface area contributed by atoms with Gasteiger partial charge in [-0.15, -0.1) is 0 Å². The molecule has 0 aliphatic carbocycles. The fraction of sp³-hybridized carbons (Fsp3) is 0.0714. The molecular weight excluding hydrogens is 294 g/mol. The second-order valence-electron chi connectivity index (χ2n) is 4.23. The molecule has 2 N–H and O–H groups in total. The van der Waals surface area contributed by atoms with Crippen molar-refractivity contribution >= 4 is 23.4 Å². The molecular formula is C14H11NO5S. The van der Waals surface area contributed by atoms with E-state index < -0.39 is 10.9 Å². The number of hydrogen-bond acceptors (Lipinski definition) is 5. The summed E-state index contributed by atoms with van der Waals surface area (Å²) in [6.45, 7) is 0. The topological polar surface area (TPSA) is 101 Å². The molecule has 0 saturated carbocycles. The summed E-state index contributed by atoms with van der Waals surface area (Å²) in [5.41, 5.74) is 0.508. The highest BCUT2D eigenvalue weighted by Gasteiger charge is 2.11. The molecule has 0 aliphatic heterocycles. The van der Waals surface area contributed by atoms with Crippen molar-refractivity contribution < 1.29 is 19.9 Å². The van der Waals surface area contributed by atoms with Crippen LogP contribution in [0.2, 0.25) is 0 Å². The van der Waals surface area contributed by atoms with Crippen molar-refractivity contribution in [2.75, 3.05) is 0 Å². The van der Waals surface area contributed by atoms with E-state index in [-0.39, 0.29) is 17.9 Å². The monoisotopic (exact) mass is 305 g/mol. The lowest BCUT2D eigenvalue weighted by Gasteiger charge is -2.05. The molecule has 0 bridgehead atoms. The summed E-state index contributed by atoms with van der Waals surface area (Å²) in [6.07, 6.45) is -0.0479. The maximum Gasteiger partial charge on any atom is 0.307 e. The van der Waals surface area contributed by atoms with Gasteiger partial charge in [0.1, 0.15) is 5.75 Å². The molecule has 6 nitrogen and oxygen atoms in total. The molecule has 0 atom stereocenters. The first-order valence-corrected chi connectivity index (χ1v) is 6.73. The lowest BCUT2D eigenvalue weighted by molar-refractivity contribution is -0.385. The highest BCUT2D eigenvalue weighted by Crippen LogP contribution is 2.36. The third-order valence-corrected chi connectivity index (χ3v) is 3.73. The molecule has 108 valence electrons. The van der Waals surface area contributed by atoms with E-state index in [1.165, 1.54) is 23.9 Å². The molecule has 0 heterocycles. The van der Waals surface area contributed by atoms with Crippen LogP contribution in [0.3, 0.4) is 0 Å². The second-order valence-corrected chi connectivity index (χ2v) is 5.34. The molecule has 0 amide bonds. The zero-order valence-corrected chi connectivity index (χ0v) is 11.5. The van der Waals surface area contributed by atoms with Crippen LogP contribution in [0.1, 0.15) is 5.56 Å². The minimum absolute atomic E-state index is 0.0479. The predicted molar refractivity (Wildman–Crippen MR) is 76.7 cm³/mol. The third-order valence-electron chi connectivity index (χ3n) is 2.66. The van der Waals surface area contributed by atoms with Crippen molar-refractivity contribution in [2.24, 2.45) is 0 Å². The predicted octanol–water partition coefficient (Wildman–Crippen LogP) is 3.08. The van der Waals surface area contributed by atoms with Gasteiger partial charge in [0.25, 0.3) is 5.69 Å². The van der Waals surface area contributed by atoms with E-state index >= 15 is 0 Å². The Hall–Kier alpha value is -2.54. The average Bonchev–Trinajstić information content (AvgIpc) is 2.42. The molecule has 0 aromatic heterocycles.